The quantitative estimate of drug-likeness (QED) is 0.209. The van der Waals surface area contributed by atoms with E-state index in [1.807, 2.05) is 29.6 Å². The van der Waals surface area contributed by atoms with Crippen LogP contribution in [-0.4, -0.2) is 28.6 Å². The lowest BCUT2D eigenvalue weighted by Crippen LogP contribution is -2.23. The van der Waals surface area contributed by atoms with Gasteiger partial charge in [0.1, 0.15) is 11.6 Å². The van der Waals surface area contributed by atoms with E-state index in [-0.39, 0.29) is 5.91 Å². The Bertz CT molecular complexity index is 1210. The molecule has 0 unspecified atom stereocenters. The molecular formula is C29H35N3O2S. The number of thiophene rings is 1. The molecule has 4 aromatic rings. The van der Waals surface area contributed by atoms with E-state index in [1.54, 1.807) is 0 Å². The third kappa shape index (κ3) is 6.73. The Labute approximate surface area is 212 Å². The number of nitrogens with zero attached hydrogens (tertiary/aromatic N) is 2. The molecule has 0 saturated heterocycles. The summed E-state index contributed by atoms with van der Waals surface area (Å²) >= 11 is 1.48. The largest absolute Gasteiger partial charge is 0.493 e. The van der Waals surface area contributed by atoms with E-state index in [9.17, 15) is 4.79 Å². The number of hydrogen-bond donors (Lipinski definition) is 1. The van der Waals surface area contributed by atoms with Gasteiger partial charge in [0.25, 0.3) is 5.91 Å². The summed E-state index contributed by atoms with van der Waals surface area (Å²) in [5.74, 6) is 2.60. The predicted octanol–water partition coefficient (Wildman–Crippen LogP) is 6.83. The topological polar surface area (TPSA) is 56.1 Å². The second kappa shape index (κ2) is 12.5. The van der Waals surface area contributed by atoms with Crippen LogP contribution >= 0.6 is 11.3 Å². The van der Waals surface area contributed by atoms with Crippen molar-refractivity contribution in [1.29, 1.82) is 0 Å². The zero-order valence-corrected chi connectivity index (χ0v) is 21.5. The maximum absolute atomic E-state index is 12.0. The van der Waals surface area contributed by atoms with Gasteiger partial charge in [-0.25, -0.2) is 4.98 Å². The minimum atomic E-state index is 0.0278. The highest BCUT2D eigenvalue weighted by atomic mass is 32.1. The van der Waals surface area contributed by atoms with E-state index >= 15 is 0 Å². The molecule has 0 bridgehead atoms. The highest BCUT2D eigenvalue weighted by Gasteiger charge is 2.11. The summed E-state index contributed by atoms with van der Waals surface area (Å²) in [5, 5.41) is 4.94. The Hall–Kier alpha value is -3.12. The number of imidazole rings is 1. The lowest BCUT2D eigenvalue weighted by Gasteiger charge is -2.14. The van der Waals surface area contributed by atoms with Crippen molar-refractivity contribution in [1.82, 2.24) is 14.9 Å². The zero-order chi connectivity index (χ0) is 24.5. The first-order valence-electron chi connectivity index (χ1n) is 12.6. The van der Waals surface area contributed by atoms with E-state index in [2.05, 4.69) is 60.1 Å². The normalized spacial score (nSPS) is 11.3. The molecule has 0 saturated carbocycles. The van der Waals surface area contributed by atoms with Crippen LogP contribution in [0.2, 0.25) is 0 Å². The second-order valence-electron chi connectivity index (χ2n) is 9.11. The summed E-state index contributed by atoms with van der Waals surface area (Å²) in [6.45, 7) is 6.67. The van der Waals surface area contributed by atoms with Gasteiger partial charge in [0, 0.05) is 19.5 Å². The molecular weight excluding hydrogens is 454 g/mol. The van der Waals surface area contributed by atoms with Crippen molar-refractivity contribution in [3.8, 4) is 5.75 Å². The summed E-state index contributed by atoms with van der Waals surface area (Å²) < 4.78 is 8.51. The van der Waals surface area contributed by atoms with Crippen molar-refractivity contribution in [3.05, 3.63) is 82.3 Å². The van der Waals surface area contributed by atoms with Gasteiger partial charge in [-0.2, -0.15) is 0 Å². The third-order valence-electron chi connectivity index (χ3n) is 6.17. The van der Waals surface area contributed by atoms with Crippen LogP contribution in [-0.2, 0) is 13.0 Å². The van der Waals surface area contributed by atoms with Gasteiger partial charge in [-0.1, -0.05) is 56.7 Å². The molecule has 6 heteroatoms. The first-order chi connectivity index (χ1) is 17.1. The van der Waals surface area contributed by atoms with Gasteiger partial charge in [0.05, 0.1) is 22.5 Å². The number of hydrogen-bond acceptors (Lipinski definition) is 4. The van der Waals surface area contributed by atoms with Crippen LogP contribution in [0.4, 0.5) is 0 Å². The highest BCUT2D eigenvalue weighted by Crippen LogP contribution is 2.26. The summed E-state index contributed by atoms with van der Waals surface area (Å²) in [4.78, 5) is 17.7. The molecule has 2 heterocycles. The van der Waals surface area contributed by atoms with Crippen LogP contribution in [0.1, 0.15) is 66.5 Å². The van der Waals surface area contributed by atoms with Gasteiger partial charge in [0.2, 0.25) is 0 Å². The van der Waals surface area contributed by atoms with Gasteiger partial charge in [-0.15, -0.1) is 11.3 Å². The molecule has 2 aromatic carbocycles. The van der Waals surface area contributed by atoms with E-state index in [0.29, 0.717) is 19.1 Å². The Balaban J connectivity index is 1.27. The summed E-state index contributed by atoms with van der Waals surface area (Å²) in [6.07, 6.45) is 4.94. The maximum Gasteiger partial charge on any atom is 0.261 e. The lowest BCUT2D eigenvalue weighted by molar-refractivity contribution is 0.0957. The van der Waals surface area contributed by atoms with Crippen LogP contribution < -0.4 is 10.1 Å². The molecule has 0 aliphatic heterocycles. The second-order valence-corrected chi connectivity index (χ2v) is 10.1. The molecule has 0 radical (unpaired) electrons. The molecule has 2 aromatic heterocycles. The number of unbranched alkanes of at least 4 members (excludes halogenated alkanes) is 2. The van der Waals surface area contributed by atoms with Crippen LogP contribution in [0.25, 0.3) is 11.0 Å². The summed E-state index contributed by atoms with van der Waals surface area (Å²) in [5.41, 5.74) is 3.50. The Morgan fingerprint density at radius 3 is 2.66 bits per heavy atom. The fourth-order valence-corrected chi connectivity index (χ4v) is 4.98. The SMILES string of the molecule is CC(C)c1ccccc1OCCCn1c(CCCCCNC(=O)c2cccs2)nc2ccccc21. The molecule has 0 atom stereocenters. The van der Waals surface area contributed by atoms with Crippen molar-refractivity contribution in [2.75, 3.05) is 13.2 Å². The van der Waals surface area contributed by atoms with Crippen molar-refractivity contribution < 1.29 is 9.53 Å². The standard InChI is InChI=1S/C29H35N3O2S/c1-22(2)23-12-5-8-15-26(23)34-20-11-19-32-25-14-7-6-13-24(25)31-28(32)17-4-3-9-18-30-29(33)27-16-10-21-35-27/h5-8,10,12-16,21-22H,3-4,9,11,17-20H2,1-2H3,(H,30,33). The molecule has 35 heavy (non-hydrogen) atoms. The number of ether oxygens (including phenoxy) is 1. The van der Waals surface area contributed by atoms with E-state index in [4.69, 9.17) is 9.72 Å². The number of amides is 1. The number of fused-ring (bicyclic) bond motifs is 1. The van der Waals surface area contributed by atoms with Gasteiger partial charge >= 0.3 is 0 Å². The monoisotopic (exact) mass is 489 g/mol. The number of para-hydroxylation sites is 3. The highest BCUT2D eigenvalue weighted by molar-refractivity contribution is 7.12. The summed E-state index contributed by atoms with van der Waals surface area (Å²) in [6, 6.07) is 20.5. The Morgan fingerprint density at radius 1 is 1.00 bits per heavy atom. The van der Waals surface area contributed by atoms with E-state index in [0.717, 1.165) is 60.6 Å². The minimum absolute atomic E-state index is 0.0278. The molecule has 184 valence electrons. The molecule has 0 aliphatic carbocycles. The Morgan fingerprint density at radius 2 is 1.83 bits per heavy atom. The number of aryl methyl sites for hydroxylation is 2. The fourth-order valence-electron chi connectivity index (χ4n) is 4.34. The Kier molecular flexibility index (Phi) is 8.96. The average molecular weight is 490 g/mol. The van der Waals surface area contributed by atoms with Gasteiger partial charge < -0.3 is 14.6 Å². The molecule has 0 fully saturated rings. The van der Waals surface area contributed by atoms with E-state index < -0.39 is 0 Å². The first-order valence-corrected chi connectivity index (χ1v) is 13.5. The molecule has 5 nitrogen and oxygen atoms in total. The van der Waals surface area contributed by atoms with Crippen molar-refractivity contribution in [2.45, 2.75) is 58.4 Å². The van der Waals surface area contributed by atoms with Gasteiger partial charge in [-0.3, -0.25) is 4.79 Å². The maximum atomic E-state index is 12.0. The lowest BCUT2D eigenvalue weighted by atomic mass is 10.0. The number of benzene rings is 2. The van der Waals surface area contributed by atoms with Crippen LogP contribution in [0.15, 0.2) is 66.0 Å². The smallest absolute Gasteiger partial charge is 0.261 e. The predicted molar refractivity (Wildman–Crippen MR) is 145 cm³/mol. The number of aromatic nitrogens is 2. The minimum Gasteiger partial charge on any atom is -0.493 e. The third-order valence-corrected chi connectivity index (χ3v) is 7.03. The molecule has 0 spiro atoms. The number of rotatable bonds is 13. The van der Waals surface area contributed by atoms with Crippen LogP contribution in [0.3, 0.4) is 0 Å². The van der Waals surface area contributed by atoms with E-state index in [1.165, 1.54) is 22.4 Å². The molecule has 0 aliphatic rings. The molecule has 1 N–H and O–H groups in total. The molecule has 1 amide bonds. The fraction of sp³-hybridized carbons (Fsp3) is 0.379. The van der Waals surface area contributed by atoms with Crippen molar-refractivity contribution in [3.63, 3.8) is 0 Å². The first kappa shape index (κ1) is 25.0. The number of nitrogens with one attached hydrogen (secondary N) is 1. The van der Waals surface area contributed by atoms with Crippen molar-refractivity contribution in [2.24, 2.45) is 0 Å². The van der Waals surface area contributed by atoms with Crippen LogP contribution in [0.5, 0.6) is 5.75 Å². The molecule has 4 rings (SSSR count). The zero-order valence-electron chi connectivity index (χ0n) is 20.7. The van der Waals surface area contributed by atoms with Gasteiger partial charge in [-0.05, 0) is 60.4 Å². The number of carbonyl (C=O) groups excluding carboxylic acids is 1. The van der Waals surface area contributed by atoms with Crippen LogP contribution in [0, 0.1) is 0 Å². The van der Waals surface area contributed by atoms with Gasteiger partial charge in [0.15, 0.2) is 0 Å². The number of carbonyl (C=O) groups is 1. The van der Waals surface area contributed by atoms with Crippen molar-refractivity contribution >= 4 is 28.3 Å². The average Bonchev–Trinajstić information content (AvgIpc) is 3.52. The summed E-state index contributed by atoms with van der Waals surface area (Å²) in [7, 11) is 0.